The van der Waals surface area contributed by atoms with Gasteiger partial charge in [0.25, 0.3) is 0 Å². The summed E-state index contributed by atoms with van der Waals surface area (Å²) in [7, 11) is 1.68. The number of fused-ring (bicyclic) bond motifs is 2. The minimum absolute atomic E-state index is 0.0150. The predicted molar refractivity (Wildman–Crippen MR) is 93.4 cm³/mol. The molecule has 4 rings (SSSR count). The molecule has 0 aliphatic heterocycles. The molecular formula is C16H14N2O2S2. The highest BCUT2D eigenvalue weighted by molar-refractivity contribution is 7.18. The minimum Gasteiger partial charge on any atom is -0.497 e. The van der Waals surface area contributed by atoms with Crippen LogP contribution in [0.4, 0.5) is 0 Å². The lowest BCUT2D eigenvalue weighted by Crippen LogP contribution is -1.89. The van der Waals surface area contributed by atoms with Crippen molar-refractivity contribution in [2.45, 2.75) is 6.92 Å². The minimum atomic E-state index is 0.0150. The third-order valence-electron chi connectivity index (χ3n) is 3.03. The number of methoxy groups -OCH3 is 1. The number of thiazole rings is 2. The average molecular weight is 330 g/mol. The van der Waals surface area contributed by atoms with Gasteiger partial charge >= 0.3 is 4.87 Å². The van der Waals surface area contributed by atoms with Crippen LogP contribution >= 0.6 is 22.7 Å². The van der Waals surface area contributed by atoms with Crippen LogP contribution in [-0.2, 0) is 0 Å². The molecule has 6 heteroatoms. The van der Waals surface area contributed by atoms with Gasteiger partial charge in [0.05, 0.1) is 32.6 Å². The summed E-state index contributed by atoms with van der Waals surface area (Å²) in [5, 5.41) is 1.10. The van der Waals surface area contributed by atoms with E-state index in [0.29, 0.717) is 0 Å². The Morgan fingerprint density at radius 2 is 1.91 bits per heavy atom. The van der Waals surface area contributed by atoms with Gasteiger partial charge in [-0.15, -0.1) is 11.3 Å². The van der Waals surface area contributed by atoms with Crippen LogP contribution in [0, 0.1) is 6.92 Å². The Hall–Kier alpha value is -2.18. The Morgan fingerprint density at radius 3 is 2.68 bits per heavy atom. The smallest absolute Gasteiger partial charge is 0.305 e. The first-order chi connectivity index (χ1) is 10.7. The molecule has 0 atom stereocenters. The maximum atomic E-state index is 10.8. The van der Waals surface area contributed by atoms with Gasteiger partial charge in [-0.25, -0.2) is 4.98 Å². The fourth-order valence-corrected chi connectivity index (χ4v) is 3.63. The zero-order valence-electron chi connectivity index (χ0n) is 12.1. The number of hydrogen-bond donors (Lipinski definition) is 1. The van der Waals surface area contributed by atoms with Gasteiger partial charge in [-0.1, -0.05) is 23.5 Å². The Morgan fingerprint density at radius 1 is 1.09 bits per heavy atom. The van der Waals surface area contributed by atoms with Crippen molar-refractivity contribution in [2.24, 2.45) is 0 Å². The molecule has 112 valence electrons. The van der Waals surface area contributed by atoms with E-state index in [0.717, 1.165) is 26.5 Å². The SMILES string of the molecule is COc1ccc2nc(C)sc2c1.O=c1[nH]c2ccccc2s1. The third kappa shape index (κ3) is 3.18. The molecule has 2 heterocycles. The lowest BCUT2D eigenvalue weighted by molar-refractivity contribution is 0.415. The van der Waals surface area contributed by atoms with E-state index in [-0.39, 0.29) is 4.87 Å². The van der Waals surface area contributed by atoms with E-state index in [2.05, 4.69) is 9.97 Å². The molecule has 0 amide bonds. The molecule has 0 bridgehead atoms. The summed E-state index contributed by atoms with van der Waals surface area (Å²) >= 11 is 2.93. The van der Waals surface area contributed by atoms with Crippen LogP contribution in [0.15, 0.2) is 47.3 Å². The van der Waals surface area contributed by atoms with Crippen molar-refractivity contribution in [3.05, 3.63) is 57.1 Å². The largest absolute Gasteiger partial charge is 0.497 e. The topological polar surface area (TPSA) is 55.0 Å². The van der Waals surface area contributed by atoms with Gasteiger partial charge in [0.1, 0.15) is 5.75 Å². The highest BCUT2D eigenvalue weighted by Crippen LogP contribution is 2.25. The summed E-state index contributed by atoms with van der Waals surface area (Å²) in [6, 6.07) is 13.6. The zero-order valence-corrected chi connectivity index (χ0v) is 13.8. The summed E-state index contributed by atoms with van der Waals surface area (Å²) in [4.78, 5) is 17.8. The molecule has 2 aromatic heterocycles. The molecule has 22 heavy (non-hydrogen) atoms. The number of para-hydroxylation sites is 1. The summed E-state index contributed by atoms with van der Waals surface area (Å²) in [5.74, 6) is 0.895. The Balaban J connectivity index is 0.000000133. The lowest BCUT2D eigenvalue weighted by atomic mass is 10.3. The summed E-state index contributed by atoms with van der Waals surface area (Å²) in [5.41, 5.74) is 1.98. The fraction of sp³-hybridized carbons (Fsp3) is 0.125. The van der Waals surface area contributed by atoms with Crippen LogP contribution in [0.2, 0.25) is 0 Å². The molecule has 0 saturated heterocycles. The second-order valence-electron chi connectivity index (χ2n) is 4.58. The lowest BCUT2D eigenvalue weighted by Gasteiger charge is -1.96. The van der Waals surface area contributed by atoms with Crippen LogP contribution in [0.3, 0.4) is 0 Å². The second kappa shape index (κ2) is 6.29. The van der Waals surface area contributed by atoms with Crippen molar-refractivity contribution < 1.29 is 4.74 Å². The number of aromatic nitrogens is 2. The Kier molecular flexibility index (Phi) is 4.22. The molecule has 0 unspecified atom stereocenters. The van der Waals surface area contributed by atoms with Crippen LogP contribution in [-0.4, -0.2) is 17.1 Å². The number of ether oxygens (including phenoxy) is 1. The normalized spacial score (nSPS) is 10.5. The van der Waals surface area contributed by atoms with E-state index in [1.807, 2.05) is 49.4 Å². The van der Waals surface area contributed by atoms with E-state index in [1.54, 1.807) is 18.4 Å². The van der Waals surface area contributed by atoms with E-state index in [1.165, 1.54) is 16.0 Å². The molecule has 0 aliphatic rings. The number of hydrogen-bond acceptors (Lipinski definition) is 5. The standard InChI is InChI=1S/C9H9NOS.C7H5NOS/c1-6-10-8-4-3-7(11-2)5-9(8)12-6;9-7-8-5-3-1-2-4-6(5)10-7/h3-5H,1-2H3;1-4H,(H,8,9). The van der Waals surface area contributed by atoms with E-state index in [4.69, 9.17) is 4.74 Å². The summed E-state index contributed by atoms with van der Waals surface area (Å²) < 4.78 is 7.32. The van der Waals surface area contributed by atoms with E-state index >= 15 is 0 Å². The molecule has 0 radical (unpaired) electrons. The van der Waals surface area contributed by atoms with Crippen LogP contribution in [0.5, 0.6) is 5.75 Å². The zero-order chi connectivity index (χ0) is 15.5. The highest BCUT2D eigenvalue weighted by atomic mass is 32.1. The van der Waals surface area contributed by atoms with Crippen molar-refractivity contribution in [1.29, 1.82) is 0 Å². The van der Waals surface area contributed by atoms with Gasteiger partial charge in [-0.05, 0) is 37.3 Å². The van der Waals surface area contributed by atoms with Crippen molar-refractivity contribution in [3.8, 4) is 5.75 Å². The molecule has 0 spiro atoms. The molecule has 0 saturated carbocycles. The predicted octanol–water partition coefficient (Wildman–Crippen LogP) is 4.20. The third-order valence-corrected chi connectivity index (χ3v) is 4.83. The Bertz CT molecular complexity index is 933. The average Bonchev–Trinajstić information content (AvgIpc) is 3.07. The number of nitrogens with one attached hydrogen (secondary N) is 1. The first-order valence-electron chi connectivity index (χ1n) is 6.65. The molecule has 2 aromatic carbocycles. The molecule has 0 aliphatic carbocycles. The number of nitrogens with zero attached hydrogens (tertiary/aromatic N) is 1. The maximum absolute atomic E-state index is 10.8. The van der Waals surface area contributed by atoms with Crippen molar-refractivity contribution in [2.75, 3.05) is 7.11 Å². The maximum Gasteiger partial charge on any atom is 0.305 e. The molecule has 1 N–H and O–H groups in total. The van der Waals surface area contributed by atoms with Gasteiger partial charge in [-0.3, -0.25) is 4.79 Å². The number of aromatic amines is 1. The van der Waals surface area contributed by atoms with Crippen molar-refractivity contribution in [3.63, 3.8) is 0 Å². The first-order valence-corrected chi connectivity index (χ1v) is 8.28. The quantitative estimate of drug-likeness (QED) is 0.569. The van der Waals surface area contributed by atoms with Crippen molar-refractivity contribution in [1.82, 2.24) is 9.97 Å². The fourth-order valence-electron chi connectivity index (χ4n) is 2.04. The van der Waals surface area contributed by atoms with Gasteiger partial charge in [0, 0.05) is 0 Å². The Labute approximate surface area is 135 Å². The van der Waals surface area contributed by atoms with Gasteiger partial charge in [0.2, 0.25) is 0 Å². The molecule has 4 nitrogen and oxygen atoms in total. The van der Waals surface area contributed by atoms with Gasteiger partial charge < -0.3 is 9.72 Å². The van der Waals surface area contributed by atoms with Crippen LogP contribution < -0.4 is 9.61 Å². The number of aryl methyl sites for hydroxylation is 1. The molecule has 0 fully saturated rings. The highest BCUT2D eigenvalue weighted by Gasteiger charge is 2.00. The molecular weight excluding hydrogens is 316 g/mol. The van der Waals surface area contributed by atoms with Gasteiger partial charge in [-0.2, -0.15) is 0 Å². The molecule has 4 aromatic rings. The number of rotatable bonds is 1. The van der Waals surface area contributed by atoms with Crippen molar-refractivity contribution >= 4 is 43.1 Å². The summed E-state index contributed by atoms with van der Waals surface area (Å²) in [6.45, 7) is 2.01. The number of benzene rings is 2. The van der Waals surface area contributed by atoms with E-state index < -0.39 is 0 Å². The monoisotopic (exact) mass is 330 g/mol. The van der Waals surface area contributed by atoms with Gasteiger partial charge in [0.15, 0.2) is 0 Å². The summed E-state index contributed by atoms with van der Waals surface area (Å²) in [6.07, 6.45) is 0. The van der Waals surface area contributed by atoms with E-state index in [9.17, 15) is 4.79 Å². The second-order valence-corrected chi connectivity index (χ2v) is 6.83. The van der Waals surface area contributed by atoms with Crippen LogP contribution in [0.1, 0.15) is 5.01 Å². The van der Waals surface area contributed by atoms with Crippen LogP contribution in [0.25, 0.3) is 20.4 Å². The first kappa shape index (κ1) is 14.7. The number of H-pyrrole nitrogens is 1.